The van der Waals surface area contributed by atoms with Gasteiger partial charge < -0.3 is 15.4 Å². The van der Waals surface area contributed by atoms with Gasteiger partial charge in [-0.15, -0.1) is 0 Å². The lowest BCUT2D eigenvalue weighted by atomic mass is 10.0. The summed E-state index contributed by atoms with van der Waals surface area (Å²) in [6.45, 7) is 2.97. The Hall–Kier alpha value is -3.74. The quantitative estimate of drug-likeness (QED) is 0.608. The fourth-order valence-electron chi connectivity index (χ4n) is 2.91. The first kappa shape index (κ1) is 21.0. The molecule has 3 rings (SSSR count). The van der Waals surface area contributed by atoms with Gasteiger partial charge in [0, 0.05) is 13.5 Å². The molecule has 30 heavy (non-hydrogen) atoms. The number of fused-ring (bicyclic) bond motifs is 1. The number of nitrogens with one attached hydrogen (secondary N) is 2. The SMILES string of the molecule is CC(=O)Nc1cc2ccccc2cc1C(=O)OC(C)C(=O)NCc1ccc(F)cc1. The van der Waals surface area contributed by atoms with E-state index in [4.69, 9.17) is 4.74 Å². The topological polar surface area (TPSA) is 84.5 Å². The molecule has 0 saturated heterocycles. The molecule has 6 nitrogen and oxygen atoms in total. The summed E-state index contributed by atoms with van der Waals surface area (Å²) in [5.74, 6) is -1.91. The second kappa shape index (κ2) is 9.17. The number of amides is 2. The predicted molar refractivity (Wildman–Crippen MR) is 111 cm³/mol. The monoisotopic (exact) mass is 408 g/mol. The molecule has 154 valence electrons. The maximum Gasteiger partial charge on any atom is 0.341 e. The van der Waals surface area contributed by atoms with E-state index in [1.165, 1.54) is 26.0 Å². The van der Waals surface area contributed by atoms with Crippen LogP contribution in [-0.4, -0.2) is 23.9 Å². The summed E-state index contributed by atoms with van der Waals surface area (Å²) < 4.78 is 18.3. The summed E-state index contributed by atoms with van der Waals surface area (Å²) in [4.78, 5) is 36.6. The van der Waals surface area contributed by atoms with Crippen molar-refractivity contribution in [3.63, 3.8) is 0 Å². The molecule has 7 heteroatoms. The number of benzene rings is 3. The van der Waals surface area contributed by atoms with Crippen molar-refractivity contribution in [2.24, 2.45) is 0 Å². The van der Waals surface area contributed by atoms with E-state index in [9.17, 15) is 18.8 Å². The highest BCUT2D eigenvalue weighted by Gasteiger charge is 2.21. The van der Waals surface area contributed by atoms with Gasteiger partial charge in [0.25, 0.3) is 5.91 Å². The minimum atomic E-state index is -1.06. The van der Waals surface area contributed by atoms with Crippen LogP contribution < -0.4 is 10.6 Å². The van der Waals surface area contributed by atoms with Gasteiger partial charge in [0.2, 0.25) is 5.91 Å². The highest BCUT2D eigenvalue weighted by molar-refractivity contribution is 6.06. The van der Waals surface area contributed by atoms with Crippen LogP contribution in [0.4, 0.5) is 10.1 Å². The molecule has 3 aromatic rings. The Labute approximate surface area is 173 Å². The van der Waals surface area contributed by atoms with Crippen molar-refractivity contribution in [1.29, 1.82) is 0 Å². The van der Waals surface area contributed by atoms with E-state index in [0.29, 0.717) is 11.3 Å². The zero-order valence-electron chi connectivity index (χ0n) is 16.6. The fraction of sp³-hybridized carbons (Fsp3) is 0.174. The predicted octanol–water partition coefficient (Wildman–Crippen LogP) is 3.80. The molecular weight excluding hydrogens is 387 g/mol. The van der Waals surface area contributed by atoms with Crippen LogP contribution in [0.5, 0.6) is 0 Å². The normalized spacial score (nSPS) is 11.6. The van der Waals surface area contributed by atoms with Crippen LogP contribution in [-0.2, 0) is 20.9 Å². The van der Waals surface area contributed by atoms with Crippen molar-refractivity contribution in [2.45, 2.75) is 26.5 Å². The minimum Gasteiger partial charge on any atom is -0.449 e. The standard InChI is InChI=1S/C23H21FN2O4/c1-14(22(28)25-13-16-7-9-19(24)10-8-16)30-23(29)20-11-17-5-3-4-6-18(17)12-21(20)26-15(2)27/h3-12,14H,13H2,1-2H3,(H,25,28)(H,26,27). The minimum absolute atomic E-state index is 0.155. The van der Waals surface area contributed by atoms with Gasteiger partial charge in [-0.1, -0.05) is 36.4 Å². The van der Waals surface area contributed by atoms with E-state index in [2.05, 4.69) is 10.6 Å². The number of ether oxygens (including phenoxy) is 1. The Kier molecular flexibility index (Phi) is 6.41. The molecule has 0 bridgehead atoms. The highest BCUT2D eigenvalue weighted by Crippen LogP contribution is 2.25. The molecule has 0 heterocycles. The van der Waals surface area contributed by atoms with Gasteiger partial charge in [-0.3, -0.25) is 9.59 Å². The maximum atomic E-state index is 13.0. The van der Waals surface area contributed by atoms with Gasteiger partial charge >= 0.3 is 5.97 Å². The van der Waals surface area contributed by atoms with Crippen LogP contribution >= 0.6 is 0 Å². The number of anilines is 1. The summed E-state index contributed by atoms with van der Waals surface area (Å²) in [5.41, 5.74) is 1.18. The zero-order chi connectivity index (χ0) is 21.7. The van der Waals surface area contributed by atoms with Gasteiger partial charge in [-0.05, 0) is 47.5 Å². The number of halogens is 1. The highest BCUT2D eigenvalue weighted by atomic mass is 19.1. The maximum absolute atomic E-state index is 13.0. The Morgan fingerprint density at radius 3 is 2.27 bits per heavy atom. The molecule has 0 aliphatic rings. The third-order valence-corrected chi connectivity index (χ3v) is 4.45. The molecule has 0 spiro atoms. The molecule has 2 amide bonds. The van der Waals surface area contributed by atoms with Crippen molar-refractivity contribution in [2.75, 3.05) is 5.32 Å². The first-order valence-corrected chi connectivity index (χ1v) is 9.37. The molecule has 0 radical (unpaired) electrons. The number of carbonyl (C=O) groups is 3. The Bertz CT molecular complexity index is 1100. The molecule has 3 aromatic carbocycles. The number of hydrogen-bond donors (Lipinski definition) is 2. The molecule has 0 aliphatic heterocycles. The average Bonchev–Trinajstić information content (AvgIpc) is 2.72. The van der Waals surface area contributed by atoms with Crippen molar-refractivity contribution in [1.82, 2.24) is 5.32 Å². The van der Waals surface area contributed by atoms with Crippen LogP contribution in [0, 0.1) is 5.82 Å². The number of carbonyl (C=O) groups excluding carboxylic acids is 3. The Balaban J connectivity index is 1.72. The van der Waals surface area contributed by atoms with Crippen LogP contribution in [0.1, 0.15) is 29.8 Å². The van der Waals surface area contributed by atoms with E-state index in [1.54, 1.807) is 24.3 Å². The largest absolute Gasteiger partial charge is 0.449 e. The molecule has 0 saturated carbocycles. The van der Waals surface area contributed by atoms with E-state index < -0.39 is 18.0 Å². The molecule has 2 N–H and O–H groups in total. The smallest absolute Gasteiger partial charge is 0.341 e. The first-order chi connectivity index (χ1) is 14.3. The van der Waals surface area contributed by atoms with Crippen LogP contribution in [0.15, 0.2) is 60.7 Å². The lowest BCUT2D eigenvalue weighted by Crippen LogP contribution is -2.35. The van der Waals surface area contributed by atoms with Crippen molar-refractivity contribution in [3.05, 3.63) is 77.6 Å². The van der Waals surface area contributed by atoms with Gasteiger partial charge in [0.15, 0.2) is 6.10 Å². The molecule has 0 fully saturated rings. The summed E-state index contributed by atoms with van der Waals surface area (Å²) in [6.07, 6.45) is -1.06. The second-order valence-corrected chi connectivity index (χ2v) is 6.82. The molecule has 0 aliphatic carbocycles. The number of esters is 1. The van der Waals surface area contributed by atoms with Crippen LogP contribution in [0.2, 0.25) is 0 Å². The van der Waals surface area contributed by atoms with Gasteiger partial charge in [0.05, 0.1) is 11.3 Å². The lowest BCUT2D eigenvalue weighted by Gasteiger charge is -2.16. The van der Waals surface area contributed by atoms with Gasteiger partial charge in [0.1, 0.15) is 5.82 Å². The molecule has 0 aromatic heterocycles. The van der Waals surface area contributed by atoms with Crippen molar-refractivity contribution in [3.8, 4) is 0 Å². The van der Waals surface area contributed by atoms with Crippen LogP contribution in [0.3, 0.4) is 0 Å². The molecule has 1 atom stereocenters. The summed E-state index contributed by atoms with van der Waals surface area (Å²) in [6, 6.07) is 16.4. The number of hydrogen-bond acceptors (Lipinski definition) is 4. The summed E-state index contributed by atoms with van der Waals surface area (Å²) >= 11 is 0. The summed E-state index contributed by atoms with van der Waals surface area (Å²) in [5, 5.41) is 6.92. The second-order valence-electron chi connectivity index (χ2n) is 6.82. The average molecular weight is 408 g/mol. The third-order valence-electron chi connectivity index (χ3n) is 4.45. The van der Waals surface area contributed by atoms with Gasteiger partial charge in [-0.25, -0.2) is 9.18 Å². The van der Waals surface area contributed by atoms with E-state index in [-0.39, 0.29) is 23.8 Å². The fourth-order valence-corrected chi connectivity index (χ4v) is 2.91. The van der Waals surface area contributed by atoms with E-state index in [1.807, 2.05) is 24.3 Å². The van der Waals surface area contributed by atoms with Crippen molar-refractivity contribution < 1.29 is 23.5 Å². The van der Waals surface area contributed by atoms with Crippen molar-refractivity contribution >= 4 is 34.2 Å². The molecular formula is C23H21FN2O4. The van der Waals surface area contributed by atoms with Gasteiger partial charge in [-0.2, -0.15) is 0 Å². The molecule has 1 unspecified atom stereocenters. The third kappa shape index (κ3) is 5.20. The lowest BCUT2D eigenvalue weighted by molar-refractivity contribution is -0.129. The number of rotatable bonds is 6. The first-order valence-electron chi connectivity index (χ1n) is 9.37. The van der Waals surface area contributed by atoms with E-state index in [0.717, 1.165) is 10.8 Å². The summed E-state index contributed by atoms with van der Waals surface area (Å²) in [7, 11) is 0. The van der Waals surface area contributed by atoms with E-state index >= 15 is 0 Å². The Morgan fingerprint density at radius 2 is 1.63 bits per heavy atom. The Morgan fingerprint density at radius 1 is 1.00 bits per heavy atom. The zero-order valence-corrected chi connectivity index (χ0v) is 16.6. The van der Waals surface area contributed by atoms with Crippen LogP contribution in [0.25, 0.3) is 10.8 Å².